The molecule has 22 heavy (non-hydrogen) atoms. The summed E-state index contributed by atoms with van der Waals surface area (Å²) < 4.78 is 14.4. The van der Waals surface area contributed by atoms with Gasteiger partial charge in [-0.1, -0.05) is 30.3 Å². The predicted octanol–water partition coefficient (Wildman–Crippen LogP) is 4.27. The molecular weight excluding hydrogens is 301 g/mol. The van der Waals surface area contributed by atoms with Gasteiger partial charge in [0.2, 0.25) is 0 Å². The lowest BCUT2D eigenvalue weighted by atomic mass is 9.98. The van der Waals surface area contributed by atoms with Crippen LogP contribution in [0.2, 0.25) is 0 Å². The molecular formula is C17H13ClFN3. The van der Waals surface area contributed by atoms with Crippen molar-refractivity contribution in [2.45, 2.75) is 5.88 Å². The summed E-state index contributed by atoms with van der Waals surface area (Å²) in [5.41, 5.74) is 8.99. The first-order valence-corrected chi connectivity index (χ1v) is 7.24. The Hall–Kier alpha value is -2.46. The fourth-order valence-corrected chi connectivity index (χ4v) is 2.52. The van der Waals surface area contributed by atoms with E-state index in [9.17, 15) is 4.39 Å². The number of benzene rings is 2. The molecule has 1 heterocycles. The molecule has 2 N–H and O–H groups in total. The van der Waals surface area contributed by atoms with Gasteiger partial charge in [-0.3, -0.25) is 4.98 Å². The molecule has 0 spiro atoms. The van der Waals surface area contributed by atoms with Gasteiger partial charge in [0.05, 0.1) is 18.1 Å². The largest absolute Gasteiger partial charge is 0.382 e. The van der Waals surface area contributed by atoms with Gasteiger partial charge in [-0.25, -0.2) is 9.37 Å². The Morgan fingerprint density at radius 2 is 1.82 bits per heavy atom. The van der Waals surface area contributed by atoms with Gasteiger partial charge < -0.3 is 5.73 Å². The molecule has 0 bridgehead atoms. The number of hydrogen-bond donors (Lipinski definition) is 1. The average molecular weight is 314 g/mol. The van der Waals surface area contributed by atoms with E-state index in [0.29, 0.717) is 23.0 Å². The maximum atomic E-state index is 14.4. The fraction of sp³-hybridized carbons (Fsp3) is 0.0588. The van der Waals surface area contributed by atoms with Crippen molar-refractivity contribution < 1.29 is 4.39 Å². The second kappa shape index (κ2) is 6.12. The zero-order valence-electron chi connectivity index (χ0n) is 11.6. The molecule has 0 aliphatic rings. The molecule has 0 atom stereocenters. The molecule has 3 nitrogen and oxygen atoms in total. The van der Waals surface area contributed by atoms with Gasteiger partial charge in [0.1, 0.15) is 11.6 Å². The monoisotopic (exact) mass is 313 g/mol. The Balaban J connectivity index is 2.04. The molecule has 0 unspecified atom stereocenters. The molecule has 110 valence electrons. The Labute approximate surface area is 132 Å². The van der Waals surface area contributed by atoms with Crippen molar-refractivity contribution in [2.75, 3.05) is 5.73 Å². The van der Waals surface area contributed by atoms with E-state index in [-0.39, 0.29) is 5.82 Å². The molecule has 1 aromatic heterocycles. The van der Waals surface area contributed by atoms with Crippen molar-refractivity contribution in [1.29, 1.82) is 0 Å². The average Bonchev–Trinajstić information content (AvgIpc) is 2.56. The maximum absolute atomic E-state index is 14.4. The highest BCUT2D eigenvalue weighted by Gasteiger charge is 2.10. The SMILES string of the molecule is Nc1cnc(-c2ccc(-c3ccccc3CCl)cc2F)cn1. The Kier molecular flexibility index (Phi) is 4.02. The summed E-state index contributed by atoms with van der Waals surface area (Å²) >= 11 is 5.94. The molecule has 0 saturated carbocycles. The zero-order chi connectivity index (χ0) is 15.5. The van der Waals surface area contributed by atoms with Gasteiger partial charge in [0.15, 0.2) is 0 Å². The molecule has 0 amide bonds. The summed E-state index contributed by atoms with van der Waals surface area (Å²) in [6.07, 6.45) is 2.87. The highest BCUT2D eigenvalue weighted by Crippen LogP contribution is 2.29. The molecule has 5 heteroatoms. The van der Waals surface area contributed by atoms with Crippen LogP contribution in [0.25, 0.3) is 22.4 Å². The Bertz CT molecular complexity index is 803. The summed E-state index contributed by atoms with van der Waals surface area (Å²) in [7, 11) is 0. The van der Waals surface area contributed by atoms with Crippen LogP contribution in [0.5, 0.6) is 0 Å². The number of aromatic nitrogens is 2. The van der Waals surface area contributed by atoms with Gasteiger partial charge in [-0.2, -0.15) is 0 Å². The highest BCUT2D eigenvalue weighted by molar-refractivity contribution is 6.17. The number of rotatable bonds is 3. The minimum absolute atomic E-state index is 0.303. The zero-order valence-corrected chi connectivity index (χ0v) is 12.4. The van der Waals surface area contributed by atoms with E-state index in [1.807, 2.05) is 30.3 Å². The summed E-state index contributed by atoms with van der Waals surface area (Å²) in [6.45, 7) is 0. The third-order valence-electron chi connectivity index (χ3n) is 3.39. The third-order valence-corrected chi connectivity index (χ3v) is 3.68. The Morgan fingerprint density at radius 3 is 2.50 bits per heavy atom. The topological polar surface area (TPSA) is 51.8 Å². The Morgan fingerprint density at radius 1 is 1.00 bits per heavy atom. The summed E-state index contributed by atoms with van der Waals surface area (Å²) in [4.78, 5) is 8.03. The van der Waals surface area contributed by atoms with E-state index < -0.39 is 0 Å². The lowest BCUT2D eigenvalue weighted by Gasteiger charge is -2.09. The predicted molar refractivity (Wildman–Crippen MR) is 86.8 cm³/mol. The molecule has 0 aliphatic carbocycles. The van der Waals surface area contributed by atoms with Crippen molar-refractivity contribution in [3.63, 3.8) is 0 Å². The van der Waals surface area contributed by atoms with Crippen LogP contribution in [-0.2, 0) is 5.88 Å². The van der Waals surface area contributed by atoms with Crippen molar-refractivity contribution >= 4 is 17.4 Å². The maximum Gasteiger partial charge on any atom is 0.141 e. The first-order chi connectivity index (χ1) is 10.7. The van der Waals surface area contributed by atoms with Crippen LogP contribution in [-0.4, -0.2) is 9.97 Å². The number of nitrogens with two attached hydrogens (primary N) is 1. The van der Waals surface area contributed by atoms with E-state index in [4.69, 9.17) is 17.3 Å². The van der Waals surface area contributed by atoms with Gasteiger partial charge >= 0.3 is 0 Å². The van der Waals surface area contributed by atoms with Crippen molar-refractivity contribution in [2.24, 2.45) is 0 Å². The number of nitrogens with zero attached hydrogens (tertiary/aromatic N) is 2. The minimum atomic E-state index is -0.360. The number of halogens is 2. The second-order valence-electron chi connectivity index (χ2n) is 4.81. The van der Waals surface area contributed by atoms with Crippen LogP contribution in [0.4, 0.5) is 10.2 Å². The lowest BCUT2D eigenvalue weighted by molar-refractivity contribution is 0.631. The van der Waals surface area contributed by atoms with Crippen LogP contribution in [0, 0.1) is 5.82 Å². The minimum Gasteiger partial charge on any atom is -0.382 e. The first-order valence-electron chi connectivity index (χ1n) is 6.70. The summed E-state index contributed by atoms with van der Waals surface area (Å²) in [6, 6.07) is 12.7. The third kappa shape index (κ3) is 2.78. The number of alkyl halides is 1. The van der Waals surface area contributed by atoms with E-state index in [0.717, 1.165) is 16.7 Å². The summed E-state index contributed by atoms with van der Waals surface area (Å²) in [5, 5.41) is 0. The first kappa shape index (κ1) is 14.5. The molecule has 3 aromatic rings. The molecule has 2 aromatic carbocycles. The standard InChI is InChI=1S/C17H13ClFN3/c18-8-12-3-1-2-4-13(12)11-5-6-14(15(19)7-11)16-9-22-17(20)10-21-16/h1-7,9-10H,8H2,(H2,20,22). The fourth-order valence-electron chi connectivity index (χ4n) is 2.29. The summed E-state index contributed by atoms with van der Waals surface area (Å²) in [5.74, 6) is 0.320. The van der Waals surface area contributed by atoms with Gasteiger partial charge in [0.25, 0.3) is 0 Å². The van der Waals surface area contributed by atoms with E-state index >= 15 is 0 Å². The van der Waals surface area contributed by atoms with Gasteiger partial charge in [0, 0.05) is 11.4 Å². The van der Waals surface area contributed by atoms with Crippen molar-refractivity contribution in [3.8, 4) is 22.4 Å². The van der Waals surface area contributed by atoms with Crippen LogP contribution < -0.4 is 5.73 Å². The number of hydrogen-bond acceptors (Lipinski definition) is 3. The number of nitrogen functional groups attached to an aromatic ring is 1. The quantitative estimate of drug-likeness (QED) is 0.735. The van der Waals surface area contributed by atoms with Crippen molar-refractivity contribution in [1.82, 2.24) is 9.97 Å². The smallest absolute Gasteiger partial charge is 0.141 e. The van der Waals surface area contributed by atoms with Crippen LogP contribution in [0.1, 0.15) is 5.56 Å². The molecule has 0 aliphatic heterocycles. The molecule has 0 fully saturated rings. The highest BCUT2D eigenvalue weighted by atomic mass is 35.5. The normalized spacial score (nSPS) is 10.6. The second-order valence-corrected chi connectivity index (χ2v) is 5.08. The van der Waals surface area contributed by atoms with E-state index in [1.54, 1.807) is 6.07 Å². The van der Waals surface area contributed by atoms with Crippen LogP contribution in [0.15, 0.2) is 54.9 Å². The molecule has 0 saturated heterocycles. The number of anilines is 1. The van der Waals surface area contributed by atoms with Crippen molar-refractivity contribution in [3.05, 3.63) is 66.2 Å². The van der Waals surface area contributed by atoms with Gasteiger partial charge in [-0.05, 0) is 28.8 Å². The lowest BCUT2D eigenvalue weighted by Crippen LogP contribution is -1.95. The van der Waals surface area contributed by atoms with E-state index in [1.165, 1.54) is 18.5 Å². The van der Waals surface area contributed by atoms with E-state index in [2.05, 4.69) is 9.97 Å². The van der Waals surface area contributed by atoms with Crippen LogP contribution in [0.3, 0.4) is 0 Å². The molecule has 0 radical (unpaired) electrons. The van der Waals surface area contributed by atoms with Gasteiger partial charge in [-0.15, -0.1) is 11.6 Å². The van der Waals surface area contributed by atoms with Crippen LogP contribution >= 0.6 is 11.6 Å². The molecule has 3 rings (SSSR count).